The highest BCUT2D eigenvalue weighted by atomic mass is 19.4. The van der Waals surface area contributed by atoms with Gasteiger partial charge in [-0.05, 0) is 49.7 Å². The van der Waals surface area contributed by atoms with Gasteiger partial charge in [-0.15, -0.1) is 0 Å². The predicted octanol–water partition coefficient (Wildman–Crippen LogP) is 4.76. The molecule has 0 aliphatic carbocycles. The summed E-state index contributed by atoms with van der Waals surface area (Å²) in [5.74, 6) is -1.28. The van der Waals surface area contributed by atoms with E-state index in [1.807, 2.05) is 0 Å². The summed E-state index contributed by atoms with van der Waals surface area (Å²) in [6.45, 7) is 1.30. The molecular formula is C19H19F5N2. The first-order valence-corrected chi connectivity index (χ1v) is 8.38. The fourth-order valence-electron chi connectivity index (χ4n) is 3.41. The van der Waals surface area contributed by atoms with Gasteiger partial charge in [-0.1, -0.05) is 18.2 Å². The number of hydrogen-bond acceptors (Lipinski definition) is 2. The van der Waals surface area contributed by atoms with Crippen LogP contribution in [0.5, 0.6) is 0 Å². The molecule has 2 nitrogen and oxygen atoms in total. The fraction of sp³-hybridized carbons (Fsp3) is 0.368. The summed E-state index contributed by atoms with van der Waals surface area (Å²) in [7, 11) is 0. The molecule has 7 heteroatoms. The van der Waals surface area contributed by atoms with E-state index in [-0.39, 0.29) is 5.56 Å². The second-order valence-corrected chi connectivity index (χ2v) is 6.57. The van der Waals surface area contributed by atoms with Gasteiger partial charge in [0.05, 0.1) is 12.0 Å². The number of alkyl halides is 3. The molecule has 1 fully saturated rings. The summed E-state index contributed by atoms with van der Waals surface area (Å²) in [5, 5.41) is 6.48. The summed E-state index contributed by atoms with van der Waals surface area (Å²) < 4.78 is 65.1. The average Bonchev–Trinajstić information content (AvgIpc) is 2.56. The molecule has 0 aromatic heterocycles. The minimum absolute atomic E-state index is 0.162. The Bertz CT molecular complexity index is 750. The van der Waals surface area contributed by atoms with Crippen LogP contribution in [-0.2, 0) is 12.0 Å². The van der Waals surface area contributed by atoms with Crippen molar-refractivity contribution in [2.24, 2.45) is 0 Å². The Kier molecular flexibility index (Phi) is 5.18. The normalized spacial score (nSPS) is 17.1. The van der Waals surface area contributed by atoms with Crippen molar-refractivity contribution in [1.82, 2.24) is 5.32 Å². The highest BCUT2D eigenvalue weighted by Crippen LogP contribution is 2.36. The molecule has 0 spiro atoms. The Morgan fingerprint density at radius 3 is 2.19 bits per heavy atom. The van der Waals surface area contributed by atoms with Gasteiger partial charge in [-0.25, -0.2) is 8.78 Å². The van der Waals surface area contributed by atoms with Crippen molar-refractivity contribution in [1.29, 1.82) is 0 Å². The molecule has 3 rings (SSSR count). The van der Waals surface area contributed by atoms with Gasteiger partial charge in [0.1, 0.15) is 11.6 Å². The van der Waals surface area contributed by atoms with Crippen LogP contribution in [0.4, 0.5) is 27.6 Å². The molecule has 2 N–H and O–H groups in total. The van der Waals surface area contributed by atoms with Gasteiger partial charge in [0.25, 0.3) is 0 Å². The fourth-order valence-corrected chi connectivity index (χ4v) is 3.41. The molecule has 0 amide bonds. The summed E-state index contributed by atoms with van der Waals surface area (Å²) in [4.78, 5) is 0. The van der Waals surface area contributed by atoms with E-state index in [4.69, 9.17) is 0 Å². The van der Waals surface area contributed by atoms with E-state index < -0.39 is 29.8 Å². The first kappa shape index (κ1) is 18.6. The minimum atomic E-state index is -4.26. The third kappa shape index (κ3) is 4.33. The lowest BCUT2D eigenvalue weighted by Crippen LogP contribution is -2.46. The number of benzene rings is 2. The third-order valence-electron chi connectivity index (χ3n) is 4.65. The SMILES string of the molecule is Fc1ccc(C2(Nc3ccc(CC(F)(F)F)cc3)CCNCC2)c(F)c1. The summed E-state index contributed by atoms with van der Waals surface area (Å²) in [6.07, 6.45) is -4.11. The lowest BCUT2D eigenvalue weighted by Gasteiger charge is -2.40. The number of hydrogen-bond donors (Lipinski definition) is 2. The molecule has 1 aliphatic heterocycles. The molecule has 0 bridgehead atoms. The van der Waals surface area contributed by atoms with Crippen LogP contribution in [0.25, 0.3) is 0 Å². The van der Waals surface area contributed by atoms with E-state index in [2.05, 4.69) is 10.6 Å². The number of nitrogens with one attached hydrogen (secondary N) is 2. The largest absolute Gasteiger partial charge is 0.393 e. The summed E-state index contributed by atoms with van der Waals surface area (Å²) in [5.41, 5.74) is 0.380. The van der Waals surface area contributed by atoms with Gasteiger partial charge in [-0.3, -0.25) is 0 Å². The molecule has 140 valence electrons. The van der Waals surface area contributed by atoms with Gasteiger partial charge >= 0.3 is 6.18 Å². The molecule has 1 heterocycles. The topological polar surface area (TPSA) is 24.1 Å². The predicted molar refractivity (Wildman–Crippen MR) is 90.0 cm³/mol. The van der Waals surface area contributed by atoms with Crippen molar-refractivity contribution in [3.05, 3.63) is 65.2 Å². The highest BCUT2D eigenvalue weighted by Gasteiger charge is 2.36. The Morgan fingerprint density at radius 2 is 1.62 bits per heavy atom. The van der Waals surface area contributed by atoms with Crippen LogP contribution in [0, 0.1) is 11.6 Å². The van der Waals surface area contributed by atoms with E-state index in [1.54, 1.807) is 12.1 Å². The summed E-state index contributed by atoms with van der Waals surface area (Å²) >= 11 is 0. The van der Waals surface area contributed by atoms with Crippen LogP contribution in [0.2, 0.25) is 0 Å². The van der Waals surface area contributed by atoms with Crippen LogP contribution in [0.1, 0.15) is 24.0 Å². The van der Waals surface area contributed by atoms with Crippen LogP contribution in [0.15, 0.2) is 42.5 Å². The van der Waals surface area contributed by atoms with Crippen LogP contribution in [-0.4, -0.2) is 19.3 Å². The zero-order chi connectivity index (χ0) is 18.8. The van der Waals surface area contributed by atoms with Crippen molar-refractivity contribution in [3.63, 3.8) is 0 Å². The molecule has 2 aromatic rings. The van der Waals surface area contributed by atoms with Gasteiger partial charge < -0.3 is 10.6 Å². The number of rotatable bonds is 4. The molecule has 0 saturated carbocycles. The highest BCUT2D eigenvalue weighted by molar-refractivity contribution is 5.50. The van der Waals surface area contributed by atoms with Gasteiger partial charge in [-0.2, -0.15) is 13.2 Å². The van der Waals surface area contributed by atoms with Crippen LogP contribution in [0.3, 0.4) is 0 Å². The minimum Gasteiger partial charge on any atom is -0.375 e. The van der Waals surface area contributed by atoms with E-state index in [9.17, 15) is 22.0 Å². The monoisotopic (exact) mass is 370 g/mol. The van der Waals surface area contributed by atoms with Crippen LogP contribution < -0.4 is 10.6 Å². The molecule has 2 aromatic carbocycles. The molecule has 0 radical (unpaired) electrons. The number of piperidine rings is 1. The van der Waals surface area contributed by atoms with Gasteiger partial charge in [0.15, 0.2) is 0 Å². The maximum Gasteiger partial charge on any atom is 0.393 e. The average molecular weight is 370 g/mol. The number of halogens is 5. The first-order valence-electron chi connectivity index (χ1n) is 8.38. The van der Waals surface area contributed by atoms with Crippen LogP contribution >= 0.6 is 0 Å². The Hall–Kier alpha value is -2.15. The van der Waals surface area contributed by atoms with Crippen molar-refractivity contribution in [2.75, 3.05) is 18.4 Å². The Balaban J connectivity index is 1.87. The van der Waals surface area contributed by atoms with Crippen molar-refractivity contribution in [2.45, 2.75) is 31.0 Å². The van der Waals surface area contributed by atoms with Crippen molar-refractivity contribution >= 4 is 5.69 Å². The lowest BCUT2D eigenvalue weighted by atomic mass is 9.80. The summed E-state index contributed by atoms with van der Waals surface area (Å²) in [6, 6.07) is 9.44. The van der Waals surface area contributed by atoms with E-state index in [0.29, 0.717) is 37.2 Å². The molecule has 1 saturated heterocycles. The molecule has 26 heavy (non-hydrogen) atoms. The third-order valence-corrected chi connectivity index (χ3v) is 4.65. The van der Waals surface area contributed by atoms with Gasteiger partial charge in [0.2, 0.25) is 0 Å². The lowest BCUT2D eigenvalue weighted by molar-refractivity contribution is -0.127. The van der Waals surface area contributed by atoms with Gasteiger partial charge in [0, 0.05) is 17.3 Å². The van der Waals surface area contributed by atoms with E-state index in [0.717, 1.165) is 6.07 Å². The molecular weight excluding hydrogens is 351 g/mol. The second-order valence-electron chi connectivity index (χ2n) is 6.57. The first-order chi connectivity index (χ1) is 12.3. The number of anilines is 1. The Morgan fingerprint density at radius 1 is 0.962 bits per heavy atom. The zero-order valence-electron chi connectivity index (χ0n) is 14.0. The Labute approximate surface area is 148 Å². The quantitative estimate of drug-likeness (QED) is 0.759. The maximum absolute atomic E-state index is 14.4. The smallest absolute Gasteiger partial charge is 0.375 e. The maximum atomic E-state index is 14.4. The van der Waals surface area contributed by atoms with Crippen molar-refractivity contribution < 1.29 is 22.0 Å². The van der Waals surface area contributed by atoms with Crippen molar-refractivity contribution in [3.8, 4) is 0 Å². The zero-order valence-corrected chi connectivity index (χ0v) is 14.0. The van der Waals surface area contributed by atoms with E-state index in [1.165, 1.54) is 24.3 Å². The molecule has 0 atom stereocenters. The molecule has 0 unspecified atom stereocenters. The second kappa shape index (κ2) is 7.23. The standard InChI is InChI=1S/C19H19F5N2/c20-14-3-6-16(17(21)11-14)18(7-9-25-10-8-18)26-15-4-1-13(2-5-15)12-19(22,23)24/h1-6,11,25-26H,7-10,12H2. The van der Waals surface area contributed by atoms with E-state index >= 15 is 0 Å². The molecule has 1 aliphatic rings.